The summed E-state index contributed by atoms with van der Waals surface area (Å²) in [5.41, 5.74) is 0.118. The Balaban J connectivity index is 2.04. The van der Waals surface area contributed by atoms with Gasteiger partial charge in [-0.1, -0.05) is 6.07 Å². The van der Waals surface area contributed by atoms with Gasteiger partial charge in [0.1, 0.15) is 11.6 Å². The molecule has 2 atom stereocenters. The second kappa shape index (κ2) is 8.53. The molecule has 1 saturated heterocycles. The van der Waals surface area contributed by atoms with E-state index in [1.807, 2.05) is 14.1 Å². The Kier molecular flexibility index (Phi) is 6.69. The molecule has 0 N–H and O–H groups in total. The highest BCUT2D eigenvalue weighted by Gasteiger charge is 2.31. The topological polar surface area (TPSA) is 32.8 Å². The predicted molar refractivity (Wildman–Crippen MR) is 88.5 cm³/mol. The molecule has 1 aliphatic heterocycles. The van der Waals surface area contributed by atoms with Gasteiger partial charge in [0.2, 0.25) is 0 Å². The van der Waals surface area contributed by atoms with Crippen molar-refractivity contribution in [2.75, 3.05) is 34.3 Å². The lowest BCUT2D eigenvalue weighted by molar-refractivity contribution is -0.141. The van der Waals surface area contributed by atoms with Crippen LogP contribution in [0.2, 0.25) is 0 Å². The van der Waals surface area contributed by atoms with E-state index in [2.05, 4.69) is 9.80 Å². The monoisotopic (exact) mass is 340 g/mol. The molecule has 1 fully saturated rings. The number of hydrogen-bond acceptors (Lipinski definition) is 4. The van der Waals surface area contributed by atoms with Crippen molar-refractivity contribution < 1.29 is 18.3 Å². The van der Waals surface area contributed by atoms with E-state index in [0.29, 0.717) is 25.4 Å². The summed E-state index contributed by atoms with van der Waals surface area (Å²) in [6, 6.07) is 4.32. The van der Waals surface area contributed by atoms with Gasteiger partial charge in [0.25, 0.3) is 0 Å². The average molecular weight is 340 g/mol. The molecular formula is C18H26F2N2O2. The number of benzene rings is 1. The third-order valence-electron chi connectivity index (χ3n) is 4.83. The Labute approximate surface area is 142 Å². The van der Waals surface area contributed by atoms with Crippen molar-refractivity contribution in [3.05, 3.63) is 35.4 Å². The first-order valence-corrected chi connectivity index (χ1v) is 8.30. The normalized spacial score (nSPS) is 21.9. The molecule has 24 heavy (non-hydrogen) atoms. The molecular weight excluding hydrogens is 314 g/mol. The van der Waals surface area contributed by atoms with Gasteiger partial charge in [0, 0.05) is 31.1 Å². The lowest BCUT2D eigenvalue weighted by atomic mass is 9.87. The maximum Gasteiger partial charge on any atom is 0.305 e. The summed E-state index contributed by atoms with van der Waals surface area (Å²) in [7, 11) is 5.45. The third-order valence-corrected chi connectivity index (χ3v) is 4.83. The van der Waals surface area contributed by atoms with E-state index in [9.17, 15) is 13.6 Å². The fraction of sp³-hybridized carbons (Fsp3) is 0.611. The van der Waals surface area contributed by atoms with Gasteiger partial charge in [-0.2, -0.15) is 0 Å². The van der Waals surface area contributed by atoms with Crippen molar-refractivity contribution in [1.29, 1.82) is 0 Å². The van der Waals surface area contributed by atoms with Gasteiger partial charge in [-0.15, -0.1) is 0 Å². The lowest BCUT2D eigenvalue weighted by Gasteiger charge is -2.41. The van der Waals surface area contributed by atoms with Crippen LogP contribution in [0.3, 0.4) is 0 Å². The van der Waals surface area contributed by atoms with Crippen LogP contribution in [0.5, 0.6) is 0 Å². The van der Waals surface area contributed by atoms with Gasteiger partial charge in [-0.3, -0.25) is 9.69 Å². The summed E-state index contributed by atoms with van der Waals surface area (Å²) in [6.45, 7) is 1.76. The Bertz CT molecular complexity index is 546. The molecule has 0 radical (unpaired) electrons. The first-order valence-electron chi connectivity index (χ1n) is 8.30. The van der Waals surface area contributed by atoms with E-state index in [1.165, 1.54) is 25.3 Å². The highest BCUT2D eigenvalue weighted by atomic mass is 19.1. The number of esters is 1. The number of ether oxygens (including phenoxy) is 1. The fourth-order valence-corrected chi connectivity index (χ4v) is 3.51. The zero-order valence-electron chi connectivity index (χ0n) is 14.6. The summed E-state index contributed by atoms with van der Waals surface area (Å²) in [5, 5.41) is 0. The van der Waals surface area contributed by atoms with E-state index in [0.717, 1.165) is 13.0 Å². The first-order chi connectivity index (χ1) is 11.4. The van der Waals surface area contributed by atoms with Gasteiger partial charge in [-0.05, 0) is 51.5 Å². The molecule has 134 valence electrons. The maximum absolute atomic E-state index is 13.9. The smallest absolute Gasteiger partial charge is 0.305 e. The van der Waals surface area contributed by atoms with Crippen molar-refractivity contribution in [2.24, 2.45) is 5.92 Å². The van der Waals surface area contributed by atoms with Crippen molar-refractivity contribution >= 4 is 5.97 Å². The van der Waals surface area contributed by atoms with Crippen LogP contribution in [-0.4, -0.2) is 56.1 Å². The van der Waals surface area contributed by atoms with E-state index in [1.54, 1.807) is 0 Å². The van der Waals surface area contributed by atoms with Crippen molar-refractivity contribution in [2.45, 2.75) is 31.8 Å². The molecule has 4 nitrogen and oxygen atoms in total. The summed E-state index contributed by atoms with van der Waals surface area (Å²) < 4.78 is 32.5. The Morgan fingerprint density at radius 3 is 2.58 bits per heavy atom. The molecule has 2 rings (SSSR count). The minimum atomic E-state index is -0.504. The number of hydrogen-bond donors (Lipinski definition) is 0. The van der Waals surface area contributed by atoms with Gasteiger partial charge in [0.05, 0.1) is 7.11 Å². The highest BCUT2D eigenvalue weighted by molar-refractivity contribution is 5.69. The van der Waals surface area contributed by atoms with Crippen LogP contribution in [0.15, 0.2) is 18.2 Å². The Morgan fingerprint density at radius 1 is 1.33 bits per heavy atom. The molecule has 0 amide bonds. The molecule has 0 saturated carbocycles. The van der Waals surface area contributed by atoms with Gasteiger partial charge in [-0.25, -0.2) is 8.78 Å². The second-order valence-electron chi connectivity index (χ2n) is 6.63. The minimum Gasteiger partial charge on any atom is -0.469 e. The number of rotatable bonds is 6. The van der Waals surface area contributed by atoms with Crippen LogP contribution in [0.1, 0.15) is 24.8 Å². The number of methoxy groups -OCH3 is 1. The second-order valence-corrected chi connectivity index (χ2v) is 6.63. The molecule has 1 aliphatic rings. The zero-order chi connectivity index (χ0) is 17.7. The number of carbonyl (C=O) groups excluding carboxylic acids is 1. The molecule has 1 aromatic rings. The van der Waals surface area contributed by atoms with E-state index < -0.39 is 11.6 Å². The molecule has 1 heterocycles. The van der Waals surface area contributed by atoms with Crippen LogP contribution >= 0.6 is 0 Å². The number of halogens is 2. The van der Waals surface area contributed by atoms with E-state index in [4.69, 9.17) is 4.74 Å². The summed E-state index contributed by atoms with van der Waals surface area (Å²) in [6.07, 6.45) is 1.99. The van der Waals surface area contributed by atoms with Crippen molar-refractivity contribution in [1.82, 2.24) is 9.80 Å². The van der Waals surface area contributed by atoms with Crippen LogP contribution in [0.4, 0.5) is 8.78 Å². The fourth-order valence-electron chi connectivity index (χ4n) is 3.51. The summed E-state index contributed by atoms with van der Waals surface area (Å²) in [5.74, 6) is -0.959. The number of nitrogens with zero attached hydrogens (tertiary/aromatic N) is 2. The van der Waals surface area contributed by atoms with Crippen molar-refractivity contribution in [3.63, 3.8) is 0 Å². The van der Waals surface area contributed by atoms with Gasteiger partial charge in [0.15, 0.2) is 0 Å². The van der Waals surface area contributed by atoms with Crippen LogP contribution < -0.4 is 0 Å². The van der Waals surface area contributed by atoms with Gasteiger partial charge >= 0.3 is 5.97 Å². The molecule has 1 aromatic carbocycles. The average Bonchev–Trinajstić information content (AvgIpc) is 2.56. The Hall–Kier alpha value is -1.53. The number of carbonyl (C=O) groups is 1. The Morgan fingerprint density at radius 2 is 2.00 bits per heavy atom. The van der Waals surface area contributed by atoms with Crippen LogP contribution in [-0.2, 0) is 16.1 Å². The molecule has 0 aliphatic carbocycles. The van der Waals surface area contributed by atoms with E-state index >= 15 is 0 Å². The largest absolute Gasteiger partial charge is 0.469 e. The third kappa shape index (κ3) is 4.74. The molecule has 6 heteroatoms. The maximum atomic E-state index is 13.9. The molecule has 0 bridgehead atoms. The summed E-state index contributed by atoms with van der Waals surface area (Å²) >= 11 is 0. The predicted octanol–water partition coefficient (Wildman–Crippen LogP) is 2.67. The zero-order valence-corrected chi connectivity index (χ0v) is 14.6. The lowest BCUT2D eigenvalue weighted by Crippen LogP contribution is -2.48. The van der Waals surface area contributed by atoms with E-state index in [-0.39, 0.29) is 24.0 Å². The quantitative estimate of drug-likeness (QED) is 0.746. The SMILES string of the molecule is COC(=O)CC[C@H]1CN(Cc2c(F)cccc2F)CC[C@H]1N(C)C. The first kappa shape index (κ1) is 18.8. The molecule has 0 spiro atoms. The molecule has 0 unspecified atom stereocenters. The highest BCUT2D eigenvalue weighted by Crippen LogP contribution is 2.27. The van der Waals surface area contributed by atoms with Crippen LogP contribution in [0.25, 0.3) is 0 Å². The molecule has 0 aromatic heterocycles. The minimum absolute atomic E-state index is 0.118. The van der Waals surface area contributed by atoms with Gasteiger partial charge < -0.3 is 9.64 Å². The summed E-state index contributed by atoms with van der Waals surface area (Å²) in [4.78, 5) is 15.7. The van der Waals surface area contributed by atoms with Crippen molar-refractivity contribution in [3.8, 4) is 0 Å². The van der Waals surface area contributed by atoms with Crippen LogP contribution in [0, 0.1) is 17.6 Å². The standard InChI is InChI=1S/C18H26F2N2O2/c1-21(2)17-9-10-22(11-13(17)7-8-18(23)24-3)12-14-15(19)5-4-6-16(14)20/h4-6,13,17H,7-12H2,1-3H3/t13-,17+/m0/s1. The number of likely N-dealkylation sites (tertiary alicyclic amines) is 1. The number of piperidine rings is 1.